The molecule has 0 saturated carbocycles. The van der Waals surface area contributed by atoms with Crippen LogP contribution in [0.1, 0.15) is 70.4 Å². The number of carbonyl (C=O) groups is 3. The number of unbranched alkanes of at least 4 members (excludes halogenated alkanes) is 2. The molecular weight excluding hydrogens is 342 g/mol. The Bertz CT molecular complexity index is 821. The Labute approximate surface area is 159 Å². The summed E-state index contributed by atoms with van der Waals surface area (Å²) < 4.78 is 1.75. The number of amides is 2. The zero-order chi connectivity index (χ0) is 19.4. The lowest BCUT2D eigenvalue weighted by Gasteiger charge is -2.14. The summed E-state index contributed by atoms with van der Waals surface area (Å²) >= 11 is 0. The number of fused-ring (bicyclic) bond motifs is 1. The summed E-state index contributed by atoms with van der Waals surface area (Å²) in [7, 11) is 1.82. The molecule has 27 heavy (non-hydrogen) atoms. The number of aromatic nitrogens is 2. The number of carbonyl (C=O) groups excluding carboxylic acids is 3. The SMILES string of the molecule is CC(CCCCCN1C(=O)c2ccccc2C1=O)CC(=O)c1nccn1C. The van der Waals surface area contributed by atoms with E-state index in [-0.39, 0.29) is 23.5 Å². The minimum Gasteiger partial charge on any atom is -0.332 e. The molecule has 1 aliphatic rings. The van der Waals surface area contributed by atoms with Gasteiger partial charge in [-0.2, -0.15) is 0 Å². The van der Waals surface area contributed by atoms with E-state index in [4.69, 9.17) is 0 Å². The average Bonchev–Trinajstić information content (AvgIpc) is 3.18. The van der Waals surface area contributed by atoms with Gasteiger partial charge in [0, 0.05) is 32.4 Å². The van der Waals surface area contributed by atoms with E-state index in [0.717, 1.165) is 25.7 Å². The first-order valence-corrected chi connectivity index (χ1v) is 9.44. The molecule has 0 bridgehead atoms. The van der Waals surface area contributed by atoms with Crippen molar-refractivity contribution in [2.45, 2.75) is 39.0 Å². The van der Waals surface area contributed by atoms with Gasteiger partial charge < -0.3 is 4.57 Å². The van der Waals surface area contributed by atoms with Gasteiger partial charge in [-0.15, -0.1) is 0 Å². The van der Waals surface area contributed by atoms with Crippen LogP contribution in [0.3, 0.4) is 0 Å². The van der Waals surface area contributed by atoms with Crippen molar-refractivity contribution in [3.05, 3.63) is 53.6 Å². The van der Waals surface area contributed by atoms with E-state index in [0.29, 0.717) is 29.9 Å². The second-order valence-electron chi connectivity index (χ2n) is 7.25. The fourth-order valence-corrected chi connectivity index (χ4v) is 3.53. The molecule has 1 aliphatic heterocycles. The molecule has 142 valence electrons. The maximum Gasteiger partial charge on any atom is 0.261 e. The van der Waals surface area contributed by atoms with E-state index in [9.17, 15) is 14.4 Å². The lowest BCUT2D eigenvalue weighted by Crippen LogP contribution is -2.30. The smallest absolute Gasteiger partial charge is 0.261 e. The van der Waals surface area contributed by atoms with Gasteiger partial charge in [-0.05, 0) is 24.5 Å². The number of imidazole rings is 1. The summed E-state index contributed by atoms with van der Waals surface area (Å²) in [5.41, 5.74) is 1.01. The number of aryl methyl sites for hydroxylation is 1. The molecule has 0 saturated heterocycles. The summed E-state index contributed by atoms with van der Waals surface area (Å²) in [5.74, 6) is 0.483. The van der Waals surface area contributed by atoms with Gasteiger partial charge >= 0.3 is 0 Å². The van der Waals surface area contributed by atoms with Gasteiger partial charge in [-0.25, -0.2) is 4.98 Å². The number of rotatable bonds is 9. The second kappa shape index (κ2) is 8.29. The maximum atomic E-state index is 12.3. The summed E-state index contributed by atoms with van der Waals surface area (Å²) in [6.07, 6.45) is 7.52. The molecular formula is C21H25N3O3. The third kappa shape index (κ3) is 4.15. The Kier molecular flexibility index (Phi) is 5.84. The van der Waals surface area contributed by atoms with E-state index in [1.54, 1.807) is 41.2 Å². The second-order valence-corrected chi connectivity index (χ2v) is 7.25. The Balaban J connectivity index is 1.37. The molecule has 0 fully saturated rings. The van der Waals surface area contributed by atoms with Gasteiger partial charge in [0.15, 0.2) is 11.6 Å². The van der Waals surface area contributed by atoms with Crippen LogP contribution in [0.4, 0.5) is 0 Å². The Hall–Kier alpha value is -2.76. The number of benzene rings is 1. The summed E-state index contributed by atoms with van der Waals surface area (Å²) in [4.78, 5) is 42.3. The van der Waals surface area contributed by atoms with Crippen LogP contribution in [0.5, 0.6) is 0 Å². The Morgan fingerprint density at radius 1 is 1.07 bits per heavy atom. The average molecular weight is 367 g/mol. The standard InChI is InChI=1S/C21H25N3O3/c1-15(14-18(25)19-22-11-13-23(19)2)8-4-3-7-12-24-20(26)16-9-5-6-10-17(16)21(24)27/h5-6,9-11,13,15H,3-4,7-8,12,14H2,1-2H3. The van der Waals surface area contributed by atoms with Gasteiger partial charge in [0.25, 0.3) is 11.8 Å². The van der Waals surface area contributed by atoms with Crippen LogP contribution in [0.15, 0.2) is 36.7 Å². The molecule has 3 rings (SSSR count). The molecule has 1 aromatic carbocycles. The quantitative estimate of drug-likeness (QED) is 0.386. The lowest BCUT2D eigenvalue weighted by atomic mass is 9.97. The van der Waals surface area contributed by atoms with E-state index in [1.807, 2.05) is 7.05 Å². The monoisotopic (exact) mass is 367 g/mol. The van der Waals surface area contributed by atoms with Gasteiger partial charge in [-0.3, -0.25) is 19.3 Å². The van der Waals surface area contributed by atoms with E-state index < -0.39 is 0 Å². The minimum absolute atomic E-state index is 0.0704. The number of ketones is 1. The van der Waals surface area contributed by atoms with Crippen LogP contribution in [0.2, 0.25) is 0 Å². The highest BCUT2D eigenvalue weighted by atomic mass is 16.2. The number of imide groups is 1. The molecule has 0 N–H and O–H groups in total. The lowest BCUT2D eigenvalue weighted by molar-refractivity contribution is 0.0650. The fourth-order valence-electron chi connectivity index (χ4n) is 3.53. The molecule has 1 atom stereocenters. The van der Waals surface area contributed by atoms with Crippen LogP contribution in [-0.2, 0) is 7.05 Å². The predicted molar refractivity (Wildman–Crippen MR) is 102 cm³/mol. The number of hydrogen-bond acceptors (Lipinski definition) is 4. The van der Waals surface area contributed by atoms with Crippen LogP contribution in [-0.4, -0.2) is 38.6 Å². The zero-order valence-electron chi connectivity index (χ0n) is 15.9. The molecule has 0 spiro atoms. The van der Waals surface area contributed by atoms with Crippen molar-refractivity contribution >= 4 is 17.6 Å². The largest absolute Gasteiger partial charge is 0.332 e. The number of hydrogen-bond donors (Lipinski definition) is 0. The Morgan fingerprint density at radius 2 is 1.74 bits per heavy atom. The first-order chi connectivity index (χ1) is 13.0. The van der Waals surface area contributed by atoms with E-state index in [1.165, 1.54) is 4.90 Å². The van der Waals surface area contributed by atoms with Gasteiger partial charge in [0.2, 0.25) is 0 Å². The van der Waals surface area contributed by atoms with E-state index >= 15 is 0 Å². The fraction of sp³-hybridized carbons (Fsp3) is 0.429. The summed E-state index contributed by atoms with van der Waals surface area (Å²) in [5, 5.41) is 0. The molecule has 2 heterocycles. The summed E-state index contributed by atoms with van der Waals surface area (Å²) in [6.45, 7) is 2.53. The summed E-state index contributed by atoms with van der Waals surface area (Å²) in [6, 6.07) is 6.97. The molecule has 1 aromatic heterocycles. The predicted octanol–water partition coefficient (Wildman–Crippen LogP) is 3.49. The van der Waals surface area contributed by atoms with Crippen LogP contribution in [0, 0.1) is 5.92 Å². The number of nitrogens with zero attached hydrogens (tertiary/aromatic N) is 3. The van der Waals surface area contributed by atoms with Crippen LogP contribution < -0.4 is 0 Å². The van der Waals surface area contributed by atoms with Crippen molar-refractivity contribution in [1.82, 2.24) is 14.5 Å². The van der Waals surface area contributed by atoms with Crippen molar-refractivity contribution in [2.24, 2.45) is 13.0 Å². The normalized spacial score (nSPS) is 14.5. The third-order valence-corrected chi connectivity index (χ3v) is 5.06. The minimum atomic E-state index is -0.190. The molecule has 1 unspecified atom stereocenters. The third-order valence-electron chi connectivity index (χ3n) is 5.06. The van der Waals surface area contributed by atoms with Gasteiger partial charge in [0.1, 0.15) is 0 Å². The van der Waals surface area contributed by atoms with Crippen molar-refractivity contribution in [1.29, 1.82) is 0 Å². The van der Waals surface area contributed by atoms with Crippen molar-refractivity contribution in [3.8, 4) is 0 Å². The van der Waals surface area contributed by atoms with Crippen LogP contribution in [0.25, 0.3) is 0 Å². The maximum absolute atomic E-state index is 12.3. The molecule has 6 nitrogen and oxygen atoms in total. The topological polar surface area (TPSA) is 72.3 Å². The van der Waals surface area contributed by atoms with E-state index in [2.05, 4.69) is 11.9 Å². The van der Waals surface area contributed by atoms with Crippen molar-refractivity contribution < 1.29 is 14.4 Å². The number of Topliss-reactive ketones (excluding diaryl/α,β-unsaturated/α-hetero) is 1. The van der Waals surface area contributed by atoms with Gasteiger partial charge in [-0.1, -0.05) is 38.3 Å². The highest BCUT2D eigenvalue weighted by Crippen LogP contribution is 2.23. The molecule has 0 radical (unpaired) electrons. The first-order valence-electron chi connectivity index (χ1n) is 9.44. The van der Waals surface area contributed by atoms with Gasteiger partial charge in [0.05, 0.1) is 11.1 Å². The highest BCUT2D eigenvalue weighted by molar-refractivity contribution is 6.21. The Morgan fingerprint density at radius 3 is 2.33 bits per heavy atom. The van der Waals surface area contributed by atoms with Crippen molar-refractivity contribution in [2.75, 3.05) is 6.54 Å². The van der Waals surface area contributed by atoms with Crippen molar-refractivity contribution in [3.63, 3.8) is 0 Å². The molecule has 2 amide bonds. The first kappa shape index (κ1) is 19.0. The highest BCUT2D eigenvalue weighted by Gasteiger charge is 2.34. The molecule has 2 aromatic rings. The zero-order valence-corrected chi connectivity index (χ0v) is 15.9. The van der Waals surface area contributed by atoms with Crippen LogP contribution >= 0.6 is 0 Å². The molecule has 6 heteroatoms. The molecule has 0 aliphatic carbocycles.